The van der Waals surface area contributed by atoms with Crippen molar-refractivity contribution in [2.75, 3.05) is 0 Å². The topological polar surface area (TPSA) is 43.1 Å². The summed E-state index contributed by atoms with van der Waals surface area (Å²) >= 11 is 0. The Balaban J connectivity index is 2.34. The van der Waals surface area contributed by atoms with Gasteiger partial charge in [-0.3, -0.25) is 10.1 Å². The van der Waals surface area contributed by atoms with E-state index in [1.807, 2.05) is 0 Å². The van der Waals surface area contributed by atoms with Gasteiger partial charge in [0.05, 0.1) is 4.92 Å². The largest absolute Gasteiger partial charge is 0.259 e. The maximum Gasteiger partial charge on any atom is 0.230 e. The third-order valence-corrected chi connectivity index (χ3v) is 2.38. The fraction of sp³-hybridized carbons (Fsp3) is 0.778. The number of rotatable bonds is 2. The molecule has 1 fully saturated rings. The molecule has 0 unspecified atom stereocenters. The molecule has 0 aromatic rings. The lowest BCUT2D eigenvalue weighted by atomic mass is 10.0. The lowest BCUT2D eigenvalue weighted by molar-refractivity contribution is -0.402. The Hall–Kier alpha value is -0.860. The fourth-order valence-corrected chi connectivity index (χ4v) is 1.70. The Kier molecular flexibility index (Phi) is 3.77. The Morgan fingerprint density at radius 1 is 1.17 bits per heavy atom. The maximum atomic E-state index is 10.0. The molecule has 0 aromatic heterocycles. The van der Waals surface area contributed by atoms with Crippen LogP contribution >= 0.6 is 0 Å². The van der Waals surface area contributed by atoms with Gasteiger partial charge in [-0.2, -0.15) is 0 Å². The second kappa shape index (κ2) is 4.91. The SMILES string of the molecule is O=[N+]([O-])C=CC1CCCCCC1. The Bertz CT molecular complexity index is 169. The number of nitro groups is 1. The van der Waals surface area contributed by atoms with E-state index in [4.69, 9.17) is 0 Å². The van der Waals surface area contributed by atoms with Gasteiger partial charge in [0.15, 0.2) is 0 Å². The number of nitrogens with zero attached hydrogens (tertiary/aromatic N) is 1. The summed E-state index contributed by atoms with van der Waals surface area (Å²) in [7, 11) is 0. The summed E-state index contributed by atoms with van der Waals surface area (Å²) < 4.78 is 0. The fourth-order valence-electron chi connectivity index (χ4n) is 1.70. The molecule has 0 saturated heterocycles. The predicted octanol–water partition coefficient (Wildman–Crippen LogP) is 2.75. The third kappa shape index (κ3) is 3.51. The van der Waals surface area contributed by atoms with Gasteiger partial charge in [0.1, 0.15) is 0 Å². The van der Waals surface area contributed by atoms with E-state index >= 15 is 0 Å². The first-order valence-electron chi connectivity index (χ1n) is 4.61. The summed E-state index contributed by atoms with van der Waals surface area (Å²) in [6.45, 7) is 0. The van der Waals surface area contributed by atoms with E-state index in [-0.39, 0.29) is 4.92 Å². The zero-order valence-corrected chi connectivity index (χ0v) is 7.24. The first kappa shape index (κ1) is 9.23. The summed E-state index contributed by atoms with van der Waals surface area (Å²) in [6, 6.07) is 0. The van der Waals surface area contributed by atoms with Crippen molar-refractivity contribution in [2.45, 2.75) is 38.5 Å². The van der Waals surface area contributed by atoms with Crippen LogP contribution in [0.5, 0.6) is 0 Å². The minimum atomic E-state index is -0.370. The van der Waals surface area contributed by atoms with Gasteiger partial charge < -0.3 is 0 Å². The molecule has 0 aromatic carbocycles. The normalized spacial score (nSPS) is 21.0. The molecule has 0 amide bonds. The van der Waals surface area contributed by atoms with E-state index in [1.54, 1.807) is 6.08 Å². The summed E-state index contributed by atoms with van der Waals surface area (Å²) in [5, 5.41) is 10.0. The predicted molar refractivity (Wildman–Crippen MR) is 47.3 cm³/mol. The van der Waals surface area contributed by atoms with Crippen LogP contribution < -0.4 is 0 Å². The number of hydrogen-bond donors (Lipinski definition) is 0. The summed E-state index contributed by atoms with van der Waals surface area (Å²) in [5.41, 5.74) is 0. The zero-order valence-electron chi connectivity index (χ0n) is 7.24. The van der Waals surface area contributed by atoms with Crippen LogP contribution in [0.25, 0.3) is 0 Å². The number of hydrogen-bond acceptors (Lipinski definition) is 2. The van der Waals surface area contributed by atoms with Gasteiger partial charge in [0.25, 0.3) is 0 Å². The molecule has 12 heavy (non-hydrogen) atoms. The van der Waals surface area contributed by atoms with Crippen LogP contribution in [0.1, 0.15) is 38.5 Å². The molecule has 0 bridgehead atoms. The van der Waals surface area contributed by atoms with Gasteiger partial charge in [0, 0.05) is 0 Å². The monoisotopic (exact) mass is 169 g/mol. The van der Waals surface area contributed by atoms with Gasteiger partial charge in [-0.1, -0.05) is 25.7 Å². The van der Waals surface area contributed by atoms with Crippen molar-refractivity contribution >= 4 is 0 Å². The highest BCUT2D eigenvalue weighted by Gasteiger charge is 2.09. The highest BCUT2D eigenvalue weighted by molar-refractivity contribution is 4.83. The zero-order chi connectivity index (χ0) is 8.81. The van der Waals surface area contributed by atoms with Crippen molar-refractivity contribution in [1.82, 2.24) is 0 Å². The lowest BCUT2D eigenvalue weighted by Gasteiger charge is -2.04. The highest BCUT2D eigenvalue weighted by Crippen LogP contribution is 2.23. The van der Waals surface area contributed by atoms with Crippen molar-refractivity contribution in [3.05, 3.63) is 22.4 Å². The minimum Gasteiger partial charge on any atom is -0.259 e. The van der Waals surface area contributed by atoms with Crippen LogP contribution in [0, 0.1) is 16.0 Å². The van der Waals surface area contributed by atoms with Gasteiger partial charge in [-0.05, 0) is 24.8 Å². The summed E-state index contributed by atoms with van der Waals surface area (Å²) in [5.74, 6) is 0.456. The van der Waals surface area contributed by atoms with Gasteiger partial charge in [0.2, 0.25) is 6.20 Å². The molecule has 1 rings (SSSR count). The standard InChI is InChI=1S/C9H15NO2/c11-10(12)8-7-9-5-3-1-2-4-6-9/h7-9H,1-6H2. The van der Waals surface area contributed by atoms with E-state index in [9.17, 15) is 10.1 Å². The van der Waals surface area contributed by atoms with Crippen molar-refractivity contribution in [3.63, 3.8) is 0 Å². The van der Waals surface area contributed by atoms with Crippen LogP contribution in [0.4, 0.5) is 0 Å². The van der Waals surface area contributed by atoms with Crippen molar-refractivity contribution in [2.24, 2.45) is 5.92 Å². The van der Waals surface area contributed by atoms with Crippen LogP contribution in [0.15, 0.2) is 12.3 Å². The molecule has 68 valence electrons. The van der Waals surface area contributed by atoms with Crippen molar-refractivity contribution in [3.8, 4) is 0 Å². The van der Waals surface area contributed by atoms with E-state index in [0.717, 1.165) is 19.0 Å². The Morgan fingerprint density at radius 3 is 2.25 bits per heavy atom. The van der Waals surface area contributed by atoms with Gasteiger partial charge in [-0.15, -0.1) is 0 Å². The first-order chi connectivity index (χ1) is 5.79. The Labute approximate surface area is 72.6 Å². The second-order valence-corrected chi connectivity index (χ2v) is 3.38. The minimum absolute atomic E-state index is 0.370. The average molecular weight is 169 g/mol. The van der Waals surface area contributed by atoms with E-state index in [2.05, 4.69) is 0 Å². The first-order valence-corrected chi connectivity index (χ1v) is 4.61. The molecule has 0 N–H and O–H groups in total. The van der Waals surface area contributed by atoms with Crippen molar-refractivity contribution < 1.29 is 4.92 Å². The molecule has 0 radical (unpaired) electrons. The molecule has 3 heteroatoms. The van der Waals surface area contributed by atoms with Gasteiger partial charge >= 0.3 is 0 Å². The molecule has 1 aliphatic carbocycles. The average Bonchev–Trinajstić information content (AvgIpc) is 2.28. The molecule has 1 saturated carbocycles. The molecule has 0 aliphatic heterocycles. The van der Waals surface area contributed by atoms with Gasteiger partial charge in [-0.25, -0.2) is 0 Å². The molecule has 0 spiro atoms. The Morgan fingerprint density at radius 2 is 1.75 bits per heavy atom. The quantitative estimate of drug-likeness (QED) is 0.362. The van der Waals surface area contributed by atoms with Crippen molar-refractivity contribution in [1.29, 1.82) is 0 Å². The van der Waals surface area contributed by atoms with Crippen LogP contribution in [-0.4, -0.2) is 4.92 Å². The molecular weight excluding hydrogens is 154 g/mol. The third-order valence-electron chi connectivity index (χ3n) is 2.38. The lowest BCUT2D eigenvalue weighted by Crippen LogP contribution is -1.95. The summed E-state index contributed by atoms with van der Waals surface area (Å²) in [6.07, 6.45) is 10.2. The molecular formula is C9H15NO2. The maximum absolute atomic E-state index is 10.0. The van der Waals surface area contributed by atoms with E-state index < -0.39 is 0 Å². The molecule has 1 aliphatic rings. The van der Waals surface area contributed by atoms with E-state index in [0.29, 0.717) is 5.92 Å². The van der Waals surface area contributed by atoms with Crippen LogP contribution in [-0.2, 0) is 0 Å². The van der Waals surface area contributed by atoms with Crippen LogP contribution in [0.2, 0.25) is 0 Å². The molecule has 0 heterocycles. The van der Waals surface area contributed by atoms with Crippen LogP contribution in [0.3, 0.4) is 0 Å². The highest BCUT2D eigenvalue weighted by atomic mass is 16.6. The van der Waals surface area contributed by atoms with E-state index in [1.165, 1.54) is 25.7 Å². The molecule has 0 atom stereocenters. The second-order valence-electron chi connectivity index (χ2n) is 3.38. The summed E-state index contributed by atoms with van der Waals surface area (Å²) in [4.78, 5) is 9.68. The smallest absolute Gasteiger partial charge is 0.230 e. The molecule has 3 nitrogen and oxygen atoms in total. The number of allylic oxidation sites excluding steroid dienone is 1.